The van der Waals surface area contributed by atoms with Crippen LogP contribution in [-0.2, 0) is 14.2 Å². The molecule has 0 aliphatic carbocycles. The molecule has 2 saturated heterocycles. The second-order valence-electron chi connectivity index (χ2n) is 13.2. The number of pyridine rings is 2. The van der Waals surface area contributed by atoms with Crippen LogP contribution in [0.15, 0.2) is 85.5 Å². The van der Waals surface area contributed by atoms with Crippen LogP contribution in [-0.4, -0.2) is 107 Å². The van der Waals surface area contributed by atoms with E-state index in [9.17, 15) is 23.5 Å². The molecule has 0 radical (unpaired) electrons. The van der Waals surface area contributed by atoms with Crippen LogP contribution in [0.4, 0.5) is 43.7 Å². The Labute approximate surface area is 357 Å². The number of nitrogens with zero attached hydrogens (tertiary/aromatic N) is 8. The summed E-state index contributed by atoms with van der Waals surface area (Å²) in [6.45, 7) is 4.81. The lowest BCUT2D eigenvalue weighted by atomic mass is 10.1. The zero-order valence-corrected chi connectivity index (χ0v) is 33.8. The molecule has 8 rings (SSSR count). The molecule has 3 N–H and O–H groups in total. The fourth-order valence-corrected chi connectivity index (χ4v) is 6.60. The van der Waals surface area contributed by atoms with Gasteiger partial charge in [-0.05, 0) is 71.8 Å². The third kappa shape index (κ3) is 10.6. The molecule has 20 heteroatoms. The van der Waals surface area contributed by atoms with Gasteiger partial charge >= 0.3 is 11.9 Å². The number of carbonyl (C=O) groups is 2. The quantitative estimate of drug-likeness (QED) is 0.116. The Bertz CT molecular complexity index is 2550. The number of aromatic carboxylic acids is 1. The number of methoxy groups -OCH3 is 1. The van der Waals surface area contributed by atoms with Crippen molar-refractivity contribution in [3.63, 3.8) is 0 Å². The molecule has 6 aromatic rings. The van der Waals surface area contributed by atoms with E-state index >= 15 is 0 Å². The van der Waals surface area contributed by atoms with E-state index < -0.39 is 23.6 Å². The van der Waals surface area contributed by atoms with Crippen LogP contribution in [0.25, 0.3) is 22.3 Å². The van der Waals surface area contributed by atoms with Crippen LogP contribution < -0.4 is 20.4 Å². The molecular weight excluding hydrogens is 837 g/mol. The number of benzene rings is 2. The van der Waals surface area contributed by atoms with E-state index in [1.54, 1.807) is 36.7 Å². The molecule has 0 bridgehead atoms. The monoisotopic (exact) mass is 872 g/mol. The lowest BCUT2D eigenvalue weighted by Crippen LogP contribution is -2.37. The summed E-state index contributed by atoms with van der Waals surface area (Å²) >= 11 is 11.7. The predicted molar refractivity (Wildman–Crippen MR) is 224 cm³/mol. The minimum atomic E-state index is -1.11. The van der Waals surface area contributed by atoms with E-state index in [1.165, 1.54) is 55.9 Å². The summed E-state index contributed by atoms with van der Waals surface area (Å²) in [6, 6.07) is 15.1. The minimum absolute atomic E-state index is 0.00199. The second-order valence-corrected chi connectivity index (χ2v) is 14.0. The molecule has 2 fully saturated rings. The Morgan fingerprint density at radius 1 is 0.672 bits per heavy atom. The maximum Gasteiger partial charge on any atom is 0.356 e. The van der Waals surface area contributed by atoms with Gasteiger partial charge in [0.1, 0.15) is 34.7 Å². The van der Waals surface area contributed by atoms with Crippen molar-refractivity contribution in [2.45, 2.75) is 0 Å². The molecule has 2 aliphatic heterocycles. The van der Waals surface area contributed by atoms with E-state index in [4.69, 9.17) is 37.4 Å². The number of nitrogens with one attached hydrogen (secondary N) is 2. The fourth-order valence-electron chi connectivity index (χ4n) is 6.24. The van der Waals surface area contributed by atoms with Crippen LogP contribution >= 0.6 is 23.2 Å². The molecule has 0 atom stereocenters. The molecule has 2 aliphatic rings. The molecule has 314 valence electrons. The first kappa shape index (κ1) is 42.5. The summed E-state index contributed by atoms with van der Waals surface area (Å²) in [5.41, 5.74) is 4.00. The third-order valence-electron chi connectivity index (χ3n) is 9.27. The van der Waals surface area contributed by atoms with Crippen LogP contribution in [0.1, 0.15) is 21.0 Å². The van der Waals surface area contributed by atoms with E-state index in [0.717, 1.165) is 11.1 Å². The molecule has 6 heterocycles. The first-order chi connectivity index (χ1) is 29.6. The summed E-state index contributed by atoms with van der Waals surface area (Å²) < 4.78 is 42.5. The van der Waals surface area contributed by atoms with Crippen molar-refractivity contribution in [3.8, 4) is 22.3 Å². The molecule has 4 aromatic heterocycles. The molecule has 61 heavy (non-hydrogen) atoms. The number of carbonyl (C=O) groups excluding carboxylic acids is 1. The lowest BCUT2D eigenvalue weighted by molar-refractivity contribution is 0.0593. The largest absolute Gasteiger partial charge is 0.477 e. The number of anilines is 6. The molecule has 0 amide bonds. The van der Waals surface area contributed by atoms with Crippen molar-refractivity contribution in [2.75, 3.05) is 80.1 Å². The van der Waals surface area contributed by atoms with Crippen LogP contribution in [0, 0.1) is 11.6 Å². The number of hydrogen-bond acceptors (Lipinski definition) is 15. The molecule has 0 spiro atoms. The van der Waals surface area contributed by atoms with E-state index in [-0.39, 0.29) is 21.4 Å². The normalized spacial score (nSPS) is 13.8. The van der Waals surface area contributed by atoms with Gasteiger partial charge < -0.3 is 39.8 Å². The zero-order chi connectivity index (χ0) is 42.9. The minimum Gasteiger partial charge on any atom is -0.477 e. The van der Waals surface area contributed by atoms with Gasteiger partial charge in [-0.2, -0.15) is 9.97 Å². The Kier molecular flexibility index (Phi) is 13.7. The lowest BCUT2D eigenvalue weighted by Gasteiger charge is -2.29. The summed E-state index contributed by atoms with van der Waals surface area (Å²) in [6.07, 6.45) is 6.26. The number of esters is 1. The van der Waals surface area contributed by atoms with Gasteiger partial charge in [0, 0.05) is 73.5 Å². The maximum absolute atomic E-state index is 13.5. The van der Waals surface area contributed by atoms with Crippen molar-refractivity contribution in [2.24, 2.45) is 0 Å². The van der Waals surface area contributed by atoms with Gasteiger partial charge in [0.05, 0.1) is 43.6 Å². The fraction of sp³-hybridized carbons (Fsp3) is 0.220. The van der Waals surface area contributed by atoms with Gasteiger partial charge in [0.15, 0.2) is 0 Å². The average molecular weight is 874 g/mol. The van der Waals surface area contributed by atoms with E-state index in [1.807, 2.05) is 4.90 Å². The number of halogens is 4. The van der Waals surface area contributed by atoms with Crippen LogP contribution in [0.3, 0.4) is 0 Å². The third-order valence-corrected chi connectivity index (χ3v) is 9.84. The average Bonchev–Trinajstić information content (AvgIpc) is 3.29. The van der Waals surface area contributed by atoms with Crippen molar-refractivity contribution in [3.05, 3.63) is 119 Å². The van der Waals surface area contributed by atoms with Crippen molar-refractivity contribution in [1.29, 1.82) is 0 Å². The summed E-state index contributed by atoms with van der Waals surface area (Å²) in [5.74, 6) is -0.719. The Morgan fingerprint density at radius 2 is 1.11 bits per heavy atom. The highest BCUT2D eigenvalue weighted by Gasteiger charge is 2.22. The Balaban J connectivity index is 0.000000184. The molecular formula is C41H36Cl2F2N10O6. The molecule has 0 saturated carbocycles. The van der Waals surface area contributed by atoms with Crippen molar-refractivity contribution < 1.29 is 37.7 Å². The van der Waals surface area contributed by atoms with Gasteiger partial charge in [-0.25, -0.2) is 38.3 Å². The highest BCUT2D eigenvalue weighted by molar-refractivity contribution is 6.31. The first-order valence-electron chi connectivity index (χ1n) is 18.6. The Morgan fingerprint density at radius 3 is 1.54 bits per heavy atom. The van der Waals surface area contributed by atoms with Gasteiger partial charge in [-0.1, -0.05) is 23.2 Å². The first-order valence-corrected chi connectivity index (χ1v) is 19.4. The Hall–Kier alpha value is -6.60. The number of hydrogen-bond donors (Lipinski definition) is 3. The van der Waals surface area contributed by atoms with Crippen molar-refractivity contribution in [1.82, 2.24) is 29.9 Å². The molecule has 0 unspecified atom stereocenters. The number of carboxylic acid groups (broad SMARTS) is 1. The van der Waals surface area contributed by atoms with Crippen LogP contribution in [0.2, 0.25) is 10.0 Å². The SMILES string of the molecule is COC(=O)c1cc(-c2cnc(Nc3ccc(F)c(Cl)c3)nc2N2CCOCC2)ccn1.O=C(O)c1cc(-c2cnc(Nc3ccc(F)c(Cl)c3)nc2N2CCOCC2)ccn1. The number of rotatable bonds is 10. The number of ether oxygens (including phenoxy) is 3. The maximum atomic E-state index is 13.5. The molecule has 2 aromatic carbocycles. The predicted octanol–water partition coefficient (Wildman–Crippen LogP) is 7.31. The number of carboxylic acids is 1. The summed E-state index contributed by atoms with van der Waals surface area (Å²) in [7, 11) is 1.31. The second kappa shape index (κ2) is 19.6. The molecule has 16 nitrogen and oxygen atoms in total. The highest BCUT2D eigenvalue weighted by atomic mass is 35.5. The topological polar surface area (TPSA) is 190 Å². The zero-order valence-electron chi connectivity index (χ0n) is 32.3. The smallest absolute Gasteiger partial charge is 0.356 e. The standard InChI is InChI=1S/C21H19ClFN5O3.C20H17ClFN5O3/c1-30-20(29)18-10-13(4-5-24-18)15-12-25-21(26-14-2-3-17(23)16(22)11-14)27-19(15)28-6-8-31-9-7-28;21-15-10-13(1-2-16(15)22)25-20-24-11-14(12-3-4-23-17(9-12)19(28)29)18(26-20)27-5-7-30-8-6-27/h2-5,10-12H,6-9H2,1H3,(H,25,26,27);1-4,9-11H,5-8H2,(H,28,29)(H,24,25,26). The van der Waals surface area contributed by atoms with E-state index in [2.05, 4.69) is 45.4 Å². The number of aromatic nitrogens is 6. The number of morpholine rings is 2. The van der Waals surface area contributed by atoms with Gasteiger partial charge in [-0.3, -0.25) is 0 Å². The highest BCUT2D eigenvalue weighted by Crippen LogP contribution is 2.33. The van der Waals surface area contributed by atoms with Gasteiger partial charge in [0.25, 0.3) is 0 Å². The summed E-state index contributed by atoms with van der Waals surface area (Å²) in [5, 5.41) is 15.3. The van der Waals surface area contributed by atoms with E-state index in [0.29, 0.717) is 98.6 Å². The van der Waals surface area contributed by atoms with Crippen molar-refractivity contribution >= 4 is 70.0 Å². The summed E-state index contributed by atoms with van der Waals surface area (Å²) in [4.78, 5) is 53.3. The van der Waals surface area contributed by atoms with Gasteiger partial charge in [0.2, 0.25) is 11.9 Å². The van der Waals surface area contributed by atoms with Gasteiger partial charge in [-0.15, -0.1) is 0 Å². The van der Waals surface area contributed by atoms with Crippen LogP contribution in [0.5, 0.6) is 0 Å².